The van der Waals surface area contributed by atoms with Crippen LogP contribution in [-0.4, -0.2) is 58.6 Å². The van der Waals surface area contributed by atoms with E-state index in [9.17, 15) is 4.79 Å². The van der Waals surface area contributed by atoms with Gasteiger partial charge < -0.3 is 24.1 Å². The number of hydrogen-bond donors (Lipinski definition) is 1. The predicted molar refractivity (Wildman–Crippen MR) is 126 cm³/mol. The summed E-state index contributed by atoms with van der Waals surface area (Å²) < 4.78 is 7.46. The lowest BCUT2D eigenvalue weighted by Crippen LogP contribution is -2.35. The van der Waals surface area contributed by atoms with Gasteiger partial charge in [-0.15, -0.1) is 0 Å². The molecule has 0 saturated carbocycles. The number of nitrogens with one attached hydrogen (secondary N) is 1. The molecule has 4 aromatic rings. The van der Waals surface area contributed by atoms with E-state index in [-0.39, 0.29) is 5.91 Å². The van der Waals surface area contributed by atoms with Gasteiger partial charge in [0.05, 0.1) is 34.4 Å². The van der Waals surface area contributed by atoms with Crippen molar-refractivity contribution in [2.75, 3.05) is 38.2 Å². The molecule has 1 amide bonds. The quantitative estimate of drug-likeness (QED) is 0.502. The molecule has 2 aromatic carbocycles. The fourth-order valence-corrected chi connectivity index (χ4v) is 4.42. The van der Waals surface area contributed by atoms with Crippen LogP contribution in [-0.2, 0) is 0 Å². The van der Waals surface area contributed by atoms with Crippen LogP contribution < -0.4 is 9.64 Å². The van der Waals surface area contributed by atoms with Crippen LogP contribution >= 0.6 is 11.6 Å². The number of anilines is 1. The number of halogens is 1. The van der Waals surface area contributed by atoms with Crippen LogP contribution in [0, 0.1) is 0 Å². The minimum Gasteiger partial charge on any atom is -0.496 e. The van der Waals surface area contributed by atoms with Gasteiger partial charge in [-0.05, 0) is 36.8 Å². The molecular formula is C24H24ClN5O2. The van der Waals surface area contributed by atoms with Gasteiger partial charge in [-0.3, -0.25) is 4.79 Å². The van der Waals surface area contributed by atoms with Crippen molar-refractivity contribution in [3.63, 3.8) is 0 Å². The Bertz CT molecular complexity index is 1220. The van der Waals surface area contributed by atoms with Gasteiger partial charge in [0.25, 0.3) is 5.91 Å². The first kappa shape index (κ1) is 20.5. The van der Waals surface area contributed by atoms with Crippen LogP contribution in [0.25, 0.3) is 16.7 Å². The zero-order chi connectivity index (χ0) is 22.1. The van der Waals surface area contributed by atoms with Crippen LogP contribution in [0.1, 0.15) is 16.8 Å². The number of carbonyl (C=O) groups is 1. The summed E-state index contributed by atoms with van der Waals surface area (Å²) in [5, 5.41) is 0.504. The highest BCUT2D eigenvalue weighted by Gasteiger charge is 2.25. The van der Waals surface area contributed by atoms with Gasteiger partial charge in [0, 0.05) is 44.6 Å². The van der Waals surface area contributed by atoms with E-state index in [1.807, 2.05) is 64.3 Å². The maximum Gasteiger partial charge on any atom is 0.257 e. The first-order valence-electron chi connectivity index (χ1n) is 10.6. The Balaban J connectivity index is 1.36. The molecule has 0 spiro atoms. The number of benzene rings is 2. The standard InChI is InChI=1S/C24H24ClN5O2/c1-32-22-16-21(28-9-4-5-10-28)18(25)15-17(22)23(31)29-11-6-12-30(14-13-29)24-26-19-7-2-3-8-20(19)27-24/h2-5,7-10,15-16H,6,11-14H2,1H3,(H,26,27). The Morgan fingerprint density at radius 1 is 1.06 bits per heavy atom. The highest BCUT2D eigenvalue weighted by molar-refractivity contribution is 6.33. The first-order valence-corrected chi connectivity index (χ1v) is 11.0. The summed E-state index contributed by atoms with van der Waals surface area (Å²) in [6.07, 6.45) is 4.66. The van der Waals surface area contributed by atoms with Crippen molar-refractivity contribution in [2.24, 2.45) is 0 Å². The van der Waals surface area contributed by atoms with Gasteiger partial charge >= 0.3 is 0 Å². The Hall–Kier alpha value is -3.45. The molecule has 0 bridgehead atoms. The third-order valence-electron chi connectivity index (χ3n) is 5.84. The van der Waals surface area contributed by atoms with Gasteiger partial charge in [0.2, 0.25) is 5.95 Å². The molecule has 8 heteroatoms. The minimum absolute atomic E-state index is 0.0748. The topological polar surface area (TPSA) is 66.4 Å². The van der Waals surface area contributed by atoms with Crippen LogP contribution in [0.2, 0.25) is 5.02 Å². The fourth-order valence-electron chi connectivity index (χ4n) is 4.16. The Labute approximate surface area is 191 Å². The average molecular weight is 450 g/mol. The normalized spacial score (nSPS) is 14.6. The third kappa shape index (κ3) is 3.80. The highest BCUT2D eigenvalue weighted by atomic mass is 35.5. The zero-order valence-electron chi connectivity index (χ0n) is 17.8. The number of aromatic amines is 1. The number of aromatic nitrogens is 3. The molecule has 2 aromatic heterocycles. The molecule has 32 heavy (non-hydrogen) atoms. The maximum atomic E-state index is 13.4. The molecular weight excluding hydrogens is 426 g/mol. The van der Waals surface area contributed by atoms with Crippen molar-refractivity contribution >= 4 is 34.5 Å². The third-order valence-corrected chi connectivity index (χ3v) is 6.14. The van der Waals surface area contributed by atoms with Crippen LogP contribution in [0.3, 0.4) is 0 Å². The molecule has 0 atom stereocenters. The maximum absolute atomic E-state index is 13.4. The van der Waals surface area contributed by atoms with Gasteiger partial charge in [-0.2, -0.15) is 0 Å². The molecule has 164 valence electrons. The number of imidazole rings is 1. The zero-order valence-corrected chi connectivity index (χ0v) is 18.5. The summed E-state index contributed by atoms with van der Waals surface area (Å²) in [6.45, 7) is 2.78. The van der Waals surface area contributed by atoms with E-state index in [0.717, 1.165) is 35.6 Å². The molecule has 0 unspecified atom stereocenters. The number of rotatable bonds is 4. The van der Waals surface area contributed by atoms with Crippen molar-refractivity contribution in [2.45, 2.75) is 6.42 Å². The molecule has 0 aliphatic carbocycles. The Kier molecular flexibility index (Phi) is 5.49. The lowest BCUT2D eigenvalue weighted by atomic mass is 10.1. The van der Waals surface area contributed by atoms with Crippen molar-refractivity contribution < 1.29 is 9.53 Å². The van der Waals surface area contributed by atoms with E-state index in [0.29, 0.717) is 36.0 Å². The van der Waals surface area contributed by atoms with Crippen molar-refractivity contribution in [3.8, 4) is 11.4 Å². The lowest BCUT2D eigenvalue weighted by molar-refractivity contribution is 0.0763. The summed E-state index contributed by atoms with van der Waals surface area (Å²) in [5.41, 5.74) is 3.21. The van der Waals surface area contributed by atoms with E-state index in [4.69, 9.17) is 21.3 Å². The molecule has 7 nitrogen and oxygen atoms in total. The average Bonchev–Trinajstić information content (AvgIpc) is 3.43. The van der Waals surface area contributed by atoms with E-state index < -0.39 is 0 Å². The summed E-state index contributed by atoms with van der Waals surface area (Å²) in [6, 6.07) is 15.4. The number of H-pyrrole nitrogens is 1. The summed E-state index contributed by atoms with van der Waals surface area (Å²) in [5.74, 6) is 1.29. The second-order valence-corrected chi connectivity index (χ2v) is 8.21. The Morgan fingerprint density at radius 3 is 2.66 bits per heavy atom. The number of nitrogens with zero attached hydrogens (tertiary/aromatic N) is 4. The SMILES string of the molecule is COc1cc(-n2cccc2)c(Cl)cc1C(=O)N1CCCN(c2nc3ccccc3[nH]2)CC1. The van der Waals surface area contributed by atoms with E-state index in [2.05, 4.69) is 9.88 Å². The largest absolute Gasteiger partial charge is 0.496 e. The van der Waals surface area contributed by atoms with Gasteiger partial charge in [0.15, 0.2) is 0 Å². The van der Waals surface area contributed by atoms with E-state index in [1.54, 1.807) is 13.2 Å². The number of fused-ring (bicyclic) bond motifs is 1. The molecule has 1 saturated heterocycles. The molecule has 1 N–H and O–H groups in total. The summed E-state index contributed by atoms with van der Waals surface area (Å²) in [4.78, 5) is 25.6. The molecule has 1 aliphatic rings. The molecule has 3 heterocycles. The van der Waals surface area contributed by atoms with Crippen molar-refractivity contribution in [3.05, 3.63) is 71.5 Å². The van der Waals surface area contributed by atoms with Gasteiger partial charge in [0.1, 0.15) is 5.75 Å². The van der Waals surface area contributed by atoms with Gasteiger partial charge in [-0.25, -0.2) is 4.98 Å². The number of ether oxygens (including phenoxy) is 1. The van der Waals surface area contributed by atoms with Crippen molar-refractivity contribution in [1.82, 2.24) is 19.4 Å². The van der Waals surface area contributed by atoms with Crippen LogP contribution in [0.4, 0.5) is 5.95 Å². The van der Waals surface area contributed by atoms with Gasteiger partial charge in [-0.1, -0.05) is 23.7 Å². The second kappa shape index (κ2) is 8.59. The number of para-hydroxylation sites is 2. The first-order chi connectivity index (χ1) is 15.6. The number of carbonyl (C=O) groups excluding carboxylic acids is 1. The minimum atomic E-state index is -0.0748. The monoisotopic (exact) mass is 449 g/mol. The summed E-state index contributed by atoms with van der Waals surface area (Å²) in [7, 11) is 1.57. The van der Waals surface area contributed by atoms with E-state index in [1.165, 1.54) is 0 Å². The van der Waals surface area contributed by atoms with Crippen LogP contribution in [0.5, 0.6) is 5.75 Å². The molecule has 1 fully saturated rings. The van der Waals surface area contributed by atoms with Crippen molar-refractivity contribution in [1.29, 1.82) is 0 Å². The highest BCUT2D eigenvalue weighted by Crippen LogP contribution is 2.31. The fraction of sp³-hybridized carbons (Fsp3) is 0.250. The lowest BCUT2D eigenvalue weighted by Gasteiger charge is -2.23. The number of methoxy groups -OCH3 is 1. The molecule has 1 aliphatic heterocycles. The smallest absolute Gasteiger partial charge is 0.257 e. The Morgan fingerprint density at radius 2 is 1.88 bits per heavy atom. The van der Waals surface area contributed by atoms with E-state index >= 15 is 0 Å². The predicted octanol–water partition coefficient (Wildman–Crippen LogP) is 4.37. The number of amides is 1. The number of hydrogen-bond acceptors (Lipinski definition) is 4. The molecule has 0 radical (unpaired) electrons. The molecule has 5 rings (SSSR count). The summed E-state index contributed by atoms with van der Waals surface area (Å²) >= 11 is 6.54. The second-order valence-electron chi connectivity index (χ2n) is 7.80. The van der Waals surface area contributed by atoms with Crippen LogP contribution in [0.15, 0.2) is 60.9 Å².